The predicted octanol–water partition coefficient (Wildman–Crippen LogP) is 7.06. The largest absolute Gasteiger partial charge is 0.455 e. The third-order valence-corrected chi connectivity index (χ3v) is 6.00. The van der Waals surface area contributed by atoms with Crippen molar-refractivity contribution in [2.24, 2.45) is 10.8 Å². The standard InChI is InChI=1S/C12H18F6O3.C9H12F6O2/c1-6-8(2,3)7(19)21-9(4,5)10(20,11(13,14)15)12(16,17)18;1-4-7(3,9(13,14)15)6(16)17-5(2)8(10,11)12/h20H,6H2,1-5H3;5H,4H2,1-3H3. The lowest BCUT2D eigenvalue weighted by atomic mass is 9.83. The molecule has 0 aliphatic rings. The van der Waals surface area contributed by atoms with Crippen molar-refractivity contribution in [3.05, 3.63) is 0 Å². The van der Waals surface area contributed by atoms with Crippen molar-refractivity contribution in [2.45, 2.75) is 110 Å². The Kier molecular flexibility index (Phi) is 11.7. The summed E-state index contributed by atoms with van der Waals surface area (Å²) in [5.41, 5.74) is -12.6. The van der Waals surface area contributed by atoms with E-state index in [2.05, 4.69) is 9.47 Å². The van der Waals surface area contributed by atoms with Crippen molar-refractivity contribution >= 4 is 11.9 Å². The molecule has 2 unspecified atom stereocenters. The van der Waals surface area contributed by atoms with Crippen LogP contribution in [0.2, 0.25) is 0 Å². The van der Waals surface area contributed by atoms with Crippen LogP contribution in [0.4, 0.5) is 52.7 Å². The zero-order valence-corrected chi connectivity index (χ0v) is 21.6. The van der Waals surface area contributed by atoms with Crippen LogP contribution in [0.1, 0.15) is 68.2 Å². The summed E-state index contributed by atoms with van der Waals surface area (Å²) >= 11 is 0. The lowest BCUT2D eigenvalue weighted by molar-refractivity contribution is -0.408. The van der Waals surface area contributed by atoms with Gasteiger partial charge < -0.3 is 14.6 Å². The number of alkyl halides is 12. The van der Waals surface area contributed by atoms with Crippen molar-refractivity contribution < 1.29 is 76.9 Å². The minimum Gasteiger partial charge on any atom is -0.455 e. The summed E-state index contributed by atoms with van der Waals surface area (Å²) in [4.78, 5) is 22.9. The number of carbonyl (C=O) groups is 2. The second kappa shape index (κ2) is 11.7. The summed E-state index contributed by atoms with van der Waals surface area (Å²) in [6.07, 6.45) is -25.1. The molecule has 0 aromatic carbocycles. The topological polar surface area (TPSA) is 72.8 Å². The molecule has 228 valence electrons. The first kappa shape index (κ1) is 38.2. The van der Waals surface area contributed by atoms with E-state index in [0.717, 1.165) is 6.92 Å². The van der Waals surface area contributed by atoms with E-state index in [4.69, 9.17) is 0 Å². The molecule has 1 N–H and O–H groups in total. The van der Waals surface area contributed by atoms with Crippen LogP contribution in [0, 0.1) is 10.8 Å². The zero-order chi connectivity index (χ0) is 31.6. The molecule has 17 heteroatoms. The average Bonchev–Trinajstić information content (AvgIpc) is 2.68. The molecule has 0 bridgehead atoms. The Hall–Kier alpha value is -1.94. The Bertz CT molecular complexity index is 795. The molecule has 38 heavy (non-hydrogen) atoms. The fourth-order valence-electron chi connectivity index (χ4n) is 2.25. The van der Waals surface area contributed by atoms with Crippen LogP contribution in [0.5, 0.6) is 0 Å². The van der Waals surface area contributed by atoms with E-state index in [1.807, 2.05) is 0 Å². The SMILES string of the molecule is CCC(C)(C(=O)OC(C)C(F)(F)F)C(F)(F)F.CCC(C)(C)C(=O)OC(C)(C)C(O)(C(F)(F)F)C(F)(F)F. The van der Waals surface area contributed by atoms with Gasteiger partial charge >= 0.3 is 36.6 Å². The minimum atomic E-state index is -6.06. The number of ether oxygens (including phenoxy) is 2. The van der Waals surface area contributed by atoms with Gasteiger partial charge in [0, 0.05) is 0 Å². The average molecular weight is 590 g/mol. The molecule has 0 spiro atoms. The van der Waals surface area contributed by atoms with Crippen molar-refractivity contribution in [3.8, 4) is 0 Å². The van der Waals surface area contributed by atoms with Gasteiger partial charge in [0.2, 0.25) is 0 Å². The quantitative estimate of drug-likeness (QED) is 0.254. The normalized spacial score (nSPS) is 16.6. The Morgan fingerprint density at radius 1 is 0.684 bits per heavy atom. The number of aliphatic hydroxyl groups is 1. The number of hydrogen-bond acceptors (Lipinski definition) is 5. The van der Waals surface area contributed by atoms with E-state index in [0.29, 0.717) is 27.7 Å². The molecule has 0 amide bonds. The third-order valence-electron chi connectivity index (χ3n) is 6.00. The highest BCUT2D eigenvalue weighted by atomic mass is 19.4. The molecule has 0 saturated carbocycles. The fourth-order valence-corrected chi connectivity index (χ4v) is 2.25. The van der Waals surface area contributed by atoms with Gasteiger partial charge in [0.05, 0.1) is 5.41 Å². The molecule has 0 heterocycles. The van der Waals surface area contributed by atoms with Crippen molar-refractivity contribution in [3.63, 3.8) is 0 Å². The van der Waals surface area contributed by atoms with Crippen LogP contribution < -0.4 is 0 Å². The molecular formula is C21H30F12O5. The maximum atomic E-state index is 12.8. The molecule has 0 fully saturated rings. The molecule has 2 atom stereocenters. The number of carbonyl (C=O) groups excluding carboxylic acids is 2. The van der Waals surface area contributed by atoms with E-state index in [-0.39, 0.29) is 6.42 Å². The van der Waals surface area contributed by atoms with Crippen molar-refractivity contribution in [1.29, 1.82) is 0 Å². The lowest BCUT2D eigenvalue weighted by Gasteiger charge is -2.44. The molecule has 5 nitrogen and oxygen atoms in total. The number of hydrogen-bond donors (Lipinski definition) is 1. The summed E-state index contributed by atoms with van der Waals surface area (Å²) in [7, 11) is 0. The molecular weight excluding hydrogens is 560 g/mol. The van der Waals surface area contributed by atoms with Crippen LogP contribution in [0.15, 0.2) is 0 Å². The predicted molar refractivity (Wildman–Crippen MR) is 107 cm³/mol. The Morgan fingerprint density at radius 2 is 1.05 bits per heavy atom. The van der Waals surface area contributed by atoms with Crippen LogP contribution in [0.3, 0.4) is 0 Å². The molecule has 0 rings (SSSR count). The number of halogens is 12. The first-order valence-corrected chi connectivity index (χ1v) is 10.7. The highest BCUT2D eigenvalue weighted by Crippen LogP contribution is 2.51. The molecule has 0 aromatic heterocycles. The first-order valence-electron chi connectivity index (χ1n) is 10.7. The highest BCUT2D eigenvalue weighted by Gasteiger charge is 2.78. The van der Waals surface area contributed by atoms with Crippen LogP contribution in [-0.2, 0) is 19.1 Å². The molecule has 0 radical (unpaired) electrons. The van der Waals surface area contributed by atoms with Crippen LogP contribution >= 0.6 is 0 Å². The van der Waals surface area contributed by atoms with E-state index in [9.17, 15) is 67.4 Å². The van der Waals surface area contributed by atoms with E-state index >= 15 is 0 Å². The monoisotopic (exact) mass is 590 g/mol. The maximum Gasteiger partial charge on any atom is 0.430 e. The summed E-state index contributed by atoms with van der Waals surface area (Å²) < 4.78 is 158. The minimum absolute atomic E-state index is 0.137. The van der Waals surface area contributed by atoms with Crippen LogP contribution in [-0.4, -0.2) is 59.1 Å². The van der Waals surface area contributed by atoms with E-state index < -0.39 is 71.2 Å². The van der Waals surface area contributed by atoms with Gasteiger partial charge in [0.15, 0.2) is 17.1 Å². The smallest absolute Gasteiger partial charge is 0.430 e. The van der Waals surface area contributed by atoms with Gasteiger partial charge in [-0.2, -0.15) is 52.7 Å². The second-order valence-corrected chi connectivity index (χ2v) is 9.62. The van der Waals surface area contributed by atoms with Gasteiger partial charge in [0.1, 0.15) is 0 Å². The van der Waals surface area contributed by atoms with Crippen LogP contribution in [0.25, 0.3) is 0 Å². The van der Waals surface area contributed by atoms with Gasteiger partial charge in [-0.05, 0) is 54.4 Å². The zero-order valence-electron chi connectivity index (χ0n) is 21.6. The maximum absolute atomic E-state index is 12.8. The Balaban J connectivity index is 0. The first-order chi connectivity index (χ1) is 16.3. The summed E-state index contributed by atoms with van der Waals surface area (Å²) in [5, 5.41) is 9.27. The second-order valence-electron chi connectivity index (χ2n) is 9.62. The van der Waals surface area contributed by atoms with Crippen molar-refractivity contribution in [2.75, 3.05) is 0 Å². The Labute approximate surface area is 210 Å². The van der Waals surface area contributed by atoms with Gasteiger partial charge in [-0.15, -0.1) is 0 Å². The van der Waals surface area contributed by atoms with E-state index in [1.54, 1.807) is 0 Å². The van der Waals surface area contributed by atoms with Gasteiger partial charge in [-0.1, -0.05) is 13.8 Å². The number of rotatable bonds is 7. The number of esters is 2. The van der Waals surface area contributed by atoms with Gasteiger partial charge in [-0.3, -0.25) is 9.59 Å². The van der Waals surface area contributed by atoms with Gasteiger partial charge in [0.25, 0.3) is 5.60 Å². The Morgan fingerprint density at radius 3 is 1.29 bits per heavy atom. The molecule has 0 aliphatic carbocycles. The summed E-state index contributed by atoms with van der Waals surface area (Å²) in [5.74, 6) is -3.18. The molecule has 0 aromatic rings. The van der Waals surface area contributed by atoms with Crippen molar-refractivity contribution in [1.82, 2.24) is 0 Å². The summed E-state index contributed by atoms with van der Waals surface area (Å²) in [6, 6.07) is 0. The van der Waals surface area contributed by atoms with E-state index in [1.165, 1.54) is 20.8 Å². The molecule has 0 saturated heterocycles. The lowest BCUT2D eigenvalue weighted by Crippen LogP contribution is -2.70. The fraction of sp³-hybridized carbons (Fsp3) is 0.905. The highest BCUT2D eigenvalue weighted by molar-refractivity contribution is 5.77. The summed E-state index contributed by atoms with van der Waals surface area (Å²) in [6.45, 7) is 6.93. The molecule has 0 aliphatic heterocycles. The third kappa shape index (κ3) is 8.28. The van der Waals surface area contributed by atoms with Gasteiger partial charge in [-0.25, -0.2) is 0 Å².